The number of aromatic carboxylic acids is 2. The van der Waals surface area contributed by atoms with E-state index in [0.29, 0.717) is 55.2 Å². The first-order valence-electron chi connectivity index (χ1n) is 17.4. The van der Waals surface area contributed by atoms with Crippen molar-refractivity contribution in [3.8, 4) is 22.3 Å². The number of nitrogen functional groups attached to an aromatic ring is 1. The van der Waals surface area contributed by atoms with Gasteiger partial charge >= 0.3 is 11.9 Å². The average Bonchev–Trinajstić information content (AvgIpc) is 3.64. The molecule has 56 heavy (non-hydrogen) atoms. The molecule has 0 aliphatic rings. The van der Waals surface area contributed by atoms with E-state index in [-0.39, 0.29) is 29.1 Å². The van der Waals surface area contributed by atoms with Gasteiger partial charge in [-0.05, 0) is 78.7 Å². The van der Waals surface area contributed by atoms with Gasteiger partial charge in [-0.1, -0.05) is 102 Å². The standard InChI is InChI=1S/C23H17ClFNO2.C22H16ClFN2O2/c1-14-5-4-6-15(11-14)13-26-20-10-9-16(24)12-18(20)21(22(26)23(27)28)17-7-2-3-8-19(17)25;23-14-8-9-19-17(11-14)20(16-6-1-2-7-18(16)24)21(22(27)28)26(19)12-13-4-3-5-15(25)10-13/h2-12H,13H2,1H3,(H,27,28);1-11H,12,25H2,(H,27,28). The number of nitrogens with two attached hydrogens (primary N) is 1. The number of anilines is 1. The van der Waals surface area contributed by atoms with Crippen molar-refractivity contribution in [2.24, 2.45) is 0 Å². The van der Waals surface area contributed by atoms with Crippen LogP contribution in [0.4, 0.5) is 14.5 Å². The molecule has 0 bridgehead atoms. The normalized spacial score (nSPS) is 11.1. The Labute approximate surface area is 330 Å². The Hall–Kier alpha value is -6.42. The lowest BCUT2D eigenvalue weighted by molar-refractivity contribution is 0.0676. The van der Waals surface area contributed by atoms with Crippen LogP contribution in [0.5, 0.6) is 0 Å². The number of benzene rings is 6. The highest BCUT2D eigenvalue weighted by Gasteiger charge is 2.27. The van der Waals surface area contributed by atoms with Gasteiger partial charge in [-0.15, -0.1) is 0 Å². The smallest absolute Gasteiger partial charge is 0.353 e. The number of rotatable bonds is 8. The van der Waals surface area contributed by atoms with Gasteiger partial charge in [0.2, 0.25) is 0 Å². The molecule has 0 saturated carbocycles. The number of carbonyl (C=O) groups is 2. The number of hydrogen-bond donors (Lipinski definition) is 3. The second-order valence-corrected chi connectivity index (χ2v) is 14.1. The molecule has 0 radical (unpaired) electrons. The van der Waals surface area contributed by atoms with Crippen LogP contribution in [-0.4, -0.2) is 31.3 Å². The highest BCUT2D eigenvalue weighted by atomic mass is 35.5. The first-order chi connectivity index (χ1) is 26.9. The van der Waals surface area contributed by atoms with Gasteiger partial charge in [0.15, 0.2) is 0 Å². The molecule has 4 N–H and O–H groups in total. The van der Waals surface area contributed by atoms with Crippen LogP contribution in [-0.2, 0) is 13.1 Å². The van der Waals surface area contributed by atoms with Crippen molar-refractivity contribution in [2.45, 2.75) is 20.0 Å². The minimum Gasteiger partial charge on any atom is -0.477 e. The lowest BCUT2D eigenvalue weighted by Crippen LogP contribution is -2.11. The highest BCUT2D eigenvalue weighted by Crippen LogP contribution is 2.40. The minimum absolute atomic E-state index is 0.00444. The second kappa shape index (κ2) is 15.7. The van der Waals surface area contributed by atoms with Crippen LogP contribution in [0.25, 0.3) is 44.1 Å². The van der Waals surface area contributed by atoms with E-state index >= 15 is 0 Å². The van der Waals surface area contributed by atoms with Crippen LogP contribution in [0.3, 0.4) is 0 Å². The van der Waals surface area contributed by atoms with Crippen molar-refractivity contribution in [1.29, 1.82) is 0 Å². The number of aryl methyl sites for hydroxylation is 1. The third-order valence-electron chi connectivity index (χ3n) is 9.46. The Bertz CT molecular complexity index is 2620. The van der Waals surface area contributed by atoms with Gasteiger partial charge in [-0.2, -0.15) is 0 Å². The Morgan fingerprint density at radius 1 is 0.589 bits per heavy atom. The summed E-state index contributed by atoms with van der Waals surface area (Å²) in [6.45, 7) is 2.62. The number of fused-ring (bicyclic) bond motifs is 2. The molecule has 0 unspecified atom stereocenters. The van der Waals surface area contributed by atoms with Crippen molar-refractivity contribution >= 4 is 62.6 Å². The predicted molar refractivity (Wildman–Crippen MR) is 219 cm³/mol. The van der Waals surface area contributed by atoms with E-state index in [0.717, 1.165) is 16.7 Å². The summed E-state index contributed by atoms with van der Waals surface area (Å²) in [7, 11) is 0. The van der Waals surface area contributed by atoms with Gasteiger partial charge in [0.05, 0.1) is 0 Å². The fourth-order valence-corrected chi connectivity index (χ4v) is 7.51. The van der Waals surface area contributed by atoms with Gasteiger partial charge in [-0.25, -0.2) is 18.4 Å². The topological polar surface area (TPSA) is 110 Å². The maximum Gasteiger partial charge on any atom is 0.353 e. The summed E-state index contributed by atoms with van der Waals surface area (Å²) in [5.74, 6) is -3.22. The van der Waals surface area contributed by atoms with Crippen molar-refractivity contribution in [2.75, 3.05) is 5.73 Å². The summed E-state index contributed by atoms with van der Waals surface area (Å²) >= 11 is 12.4. The summed E-state index contributed by atoms with van der Waals surface area (Å²) in [5.41, 5.74) is 11.9. The quantitative estimate of drug-likeness (QED) is 0.133. The molecule has 0 saturated heterocycles. The number of halogens is 4. The molecule has 2 heterocycles. The first kappa shape index (κ1) is 37.9. The fourth-order valence-electron chi connectivity index (χ4n) is 7.17. The van der Waals surface area contributed by atoms with E-state index in [9.17, 15) is 28.6 Å². The van der Waals surface area contributed by atoms with E-state index in [1.165, 1.54) is 12.1 Å². The molecule has 7 nitrogen and oxygen atoms in total. The van der Waals surface area contributed by atoms with Crippen LogP contribution in [0, 0.1) is 18.6 Å². The third-order valence-corrected chi connectivity index (χ3v) is 9.93. The van der Waals surface area contributed by atoms with E-state index < -0.39 is 23.6 Å². The fraction of sp³-hybridized carbons (Fsp3) is 0.0667. The SMILES string of the molecule is Cc1cccc(Cn2c(C(=O)O)c(-c3ccccc3F)c3cc(Cl)ccc32)c1.Nc1cccc(Cn2c(C(=O)O)c(-c3ccccc3F)c3cc(Cl)ccc32)c1. The Kier molecular flexibility index (Phi) is 10.6. The molecule has 2 aromatic heterocycles. The Morgan fingerprint density at radius 3 is 1.46 bits per heavy atom. The molecule has 0 fully saturated rings. The summed E-state index contributed by atoms with van der Waals surface area (Å²) in [6.07, 6.45) is 0. The largest absolute Gasteiger partial charge is 0.477 e. The van der Waals surface area contributed by atoms with Gasteiger partial charge in [-0.3, -0.25) is 0 Å². The summed E-state index contributed by atoms with van der Waals surface area (Å²) in [5, 5.41) is 22.1. The zero-order valence-corrected chi connectivity index (χ0v) is 31.3. The molecule has 0 aliphatic carbocycles. The van der Waals surface area contributed by atoms with Crippen LogP contribution in [0.2, 0.25) is 10.0 Å². The zero-order valence-electron chi connectivity index (χ0n) is 29.8. The lowest BCUT2D eigenvalue weighted by Gasteiger charge is -2.10. The molecule has 8 aromatic rings. The molecule has 0 atom stereocenters. The third kappa shape index (κ3) is 7.47. The van der Waals surface area contributed by atoms with Gasteiger partial charge in [0, 0.05) is 72.9 Å². The molecule has 0 amide bonds. The predicted octanol–water partition coefficient (Wildman–Crippen LogP) is 11.6. The molecular weight excluding hydrogens is 755 g/mol. The number of aromatic nitrogens is 2. The number of carboxylic acids is 2. The maximum atomic E-state index is 14.6. The molecule has 0 spiro atoms. The van der Waals surface area contributed by atoms with Crippen LogP contribution in [0.1, 0.15) is 37.7 Å². The second-order valence-electron chi connectivity index (χ2n) is 13.2. The molecule has 6 aromatic carbocycles. The average molecular weight is 789 g/mol. The maximum absolute atomic E-state index is 14.6. The first-order valence-corrected chi connectivity index (χ1v) is 18.2. The van der Waals surface area contributed by atoms with Crippen molar-refractivity contribution in [3.63, 3.8) is 0 Å². The Balaban J connectivity index is 0.000000172. The van der Waals surface area contributed by atoms with Gasteiger partial charge in [0.25, 0.3) is 0 Å². The molecule has 11 heteroatoms. The molecular formula is C45H33Cl2F2N3O4. The van der Waals surface area contributed by atoms with E-state index in [1.807, 2.05) is 43.3 Å². The highest BCUT2D eigenvalue weighted by molar-refractivity contribution is 6.32. The summed E-state index contributed by atoms with van der Waals surface area (Å²) in [4.78, 5) is 24.5. The number of hydrogen-bond acceptors (Lipinski definition) is 3. The van der Waals surface area contributed by atoms with Crippen LogP contribution in [0.15, 0.2) is 133 Å². The molecule has 0 aliphatic heterocycles. The van der Waals surface area contributed by atoms with Crippen LogP contribution < -0.4 is 5.73 Å². The monoisotopic (exact) mass is 787 g/mol. The van der Waals surface area contributed by atoms with Gasteiger partial charge in [0.1, 0.15) is 23.0 Å². The van der Waals surface area contributed by atoms with Crippen LogP contribution >= 0.6 is 23.2 Å². The molecule has 8 rings (SSSR count). The van der Waals surface area contributed by atoms with E-state index in [4.69, 9.17) is 28.9 Å². The van der Waals surface area contributed by atoms with Gasteiger partial charge < -0.3 is 25.1 Å². The van der Waals surface area contributed by atoms with E-state index in [2.05, 4.69) is 0 Å². The van der Waals surface area contributed by atoms with Crippen molar-refractivity contribution in [1.82, 2.24) is 9.13 Å². The van der Waals surface area contributed by atoms with Crippen molar-refractivity contribution < 1.29 is 28.6 Å². The number of carboxylic acid groups (broad SMARTS) is 2. The molecule has 280 valence electrons. The number of nitrogens with zero attached hydrogens (tertiary/aromatic N) is 2. The summed E-state index contributed by atoms with van der Waals surface area (Å²) in [6, 6.07) is 37.7. The lowest BCUT2D eigenvalue weighted by atomic mass is 10.0. The van der Waals surface area contributed by atoms with E-state index in [1.54, 1.807) is 94.1 Å². The Morgan fingerprint density at radius 2 is 1.04 bits per heavy atom. The van der Waals surface area contributed by atoms with Crippen molar-refractivity contribution in [3.05, 3.63) is 183 Å². The summed E-state index contributed by atoms with van der Waals surface area (Å²) < 4.78 is 32.6. The zero-order chi connectivity index (χ0) is 39.7. The minimum atomic E-state index is -1.14.